The number of nitrogens with one attached hydrogen (secondary N) is 1. The second-order valence-electron chi connectivity index (χ2n) is 4.27. The van der Waals surface area contributed by atoms with Crippen LogP contribution in [0.4, 0.5) is 0 Å². The van der Waals surface area contributed by atoms with Gasteiger partial charge in [0.2, 0.25) is 0 Å². The minimum atomic E-state index is -0.323. The molecule has 0 aliphatic heterocycles. The Labute approximate surface area is 92.3 Å². The number of hydrogen-bond donors (Lipinski definition) is 2. The second kappa shape index (κ2) is 5.29. The molecule has 2 nitrogen and oxygen atoms in total. The average molecular weight is 207 g/mol. The lowest BCUT2D eigenvalue weighted by molar-refractivity contribution is 0.147. The Hall–Kier alpha value is -0.860. The van der Waals surface area contributed by atoms with Gasteiger partial charge in [0.05, 0.1) is 6.10 Å². The number of aryl methyl sites for hydroxylation is 1. The van der Waals surface area contributed by atoms with Gasteiger partial charge < -0.3 is 10.4 Å². The van der Waals surface area contributed by atoms with Gasteiger partial charge in [-0.3, -0.25) is 0 Å². The van der Waals surface area contributed by atoms with Gasteiger partial charge in [0.15, 0.2) is 0 Å². The first-order valence-corrected chi connectivity index (χ1v) is 5.52. The zero-order chi connectivity index (χ0) is 11.4. The van der Waals surface area contributed by atoms with E-state index in [0.29, 0.717) is 0 Å². The van der Waals surface area contributed by atoms with Gasteiger partial charge in [-0.05, 0) is 38.8 Å². The van der Waals surface area contributed by atoms with Gasteiger partial charge in [0.25, 0.3) is 0 Å². The maximum atomic E-state index is 9.42. The summed E-state index contributed by atoms with van der Waals surface area (Å²) in [5, 5.41) is 12.8. The molecular formula is C13H21NO. The Balaban J connectivity index is 2.69. The van der Waals surface area contributed by atoms with Crippen LogP contribution < -0.4 is 5.32 Å². The van der Waals surface area contributed by atoms with Crippen molar-refractivity contribution in [3.05, 3.63) is 35.4 Å². The molecule has 1 aromatic rings. The van der Waals surface area contributed by atoms with Crippen molar-refractivity contribution in [3.63, 3.8) is 0 Å². The van der Waals surface area contributed by atoms with Crippen molar-refractivity contribution in [1.82, 2.24) is 5.32 Å². The van der Waals surface area contributed by atoms with Crippen LogP contribution in [-0.4, -0.2) is 17.3 Å². The first-order chi connectivity index (χ1) is 7.02. The summed E-state index contributed by atoms with van der Waals surface area (Å²) in [6, 6.07) is 8.72. The summed E-state index contributed by atoms with van der Waals surface area (Å²) in [7, 11) is 0. The van der Waals surface area contributed by atoms with Crippen molar-refractivity contribution in [2.45, 2.75) is 45.9 Å². The molecule has 1 rings (SSSR count). The lowest BCUT2D eigenvalue weighted by atomic mass is 10.0. The Kier molecular flexibility index (Phi) is 4.30. The fraction of sp³-hybridized carbons (Fsp3) is 0.538. The molecule has 0 bridgehead atoms. The maximum absolute atomic E-state index is 9.42. The van der Waals surface area contributed by atoms with E-state index < -0.39 is 0 Å². The largest absolute Gasteiger partial charge is 0.392 e. The second-order valence-corrected chi connectivity index (χ2v) is 4.27. The molecule has 0 aliphatic carbocycles. The third kappa shape index (κ3) is 3.33. The molecule has 84 valence electrons. The molecule has 0 saturated heterocycles. The highest BCUT2D eigenvalue weighted by Gasteiger charge is 2.13. The van der Waals surface area contributed by atoms with Crippen LogP contribution >= 0.6 is 0 Å². The summed E-state index contributed by atoms with van der Waals surface area (Å²) in [4.78, 5) is 0. The van der Waals surface area contributed by atoms with Crippen LogP contribution in [0, 0.1) is 6.92 Å². The molecule has 0 aromatic heterocycles. The van der Waals surface area contributed by atoms with Crippen LogP contribution in [0.2, 0.25) is 0 Å². The lowest BCUT2D eigenvalue weighted by Gasteiger charge is -2.23. The fourth-order valence-electron chi connectivity index (χ4n) is 1.70. The van der Waals surface area contributed by atoms with Crippen LogP contribution in [0.1, 0.15) is 37.9 Å². The zero-order valence-electron chi connectivity index (χ0n) is 9.99. The van der Waals surface area contributed by atoms with Gasteiger partial charge in [0.1, 0.15) is 0 Å². The lowest BCUT2D eigenvalue weighted by Crippen LogP contribution is -2.37. The van der Waals surface area contributed by atoms with Crippen LogP contribution in [0.3, 0.4) is 0 Å². The highest BCUT2D eigenvalue weighted by Crippen LogP contribution is 2.17. The molecular weight excluding hydrogens is 186 g/mol. The monoisotopic (exact) mass is 207 g/mol. The Morgan fingerprint density at radius 2 is 1.73 bits per heavy atom. The summed E-state index contributed by atoms with van der Waals surface area (Å²) in [6.07, 6.45) is -0.323. The molecule has 1 aromatic carbocycles. The van der Waals surface area contributed by atoms with Gasteiger partial charge in [-0.1, -0.05) is 24.3 Å². The van der Waals surface area contributed by atoms with Crippen LogP contribution in [0.5, 0.6) is 0 Å². The molecule has 0 spiro atoms. The molecule has 2 N–H and O–H groups in total. The third-order valence-corrected chi connectivity index (χ3v) is 2.89. The molecule has 3 atom stereocenters. The SMILES string of the molecule is Cc1ccccc1[C@H](C)NC(C)C(C)O. The Bertz CT molecular complexity index is 309. The quantitative estimate of drug-likeness (QED) is 0.794. The predicted molar refractivity (Wildman–Crippen MR) is 63.9 cm³/mol. The van der Waals surface area contributed by atoms with Gasteiger partial charge >= 0.3 is 0 Å². The minimum absolute atomic E-state index is 0.111. The number of rotatable bonds is 4. The van der Waals surface area contributed by atoms with Gasteiger partial charge in [-0.2, -0.15) is 0 Å². The predicted octanol–water partition coefficient (Wildman–Crippen LogP) is 2.41. The van der Waals surface area contributed by atoms with Crippen molar-refractivity contribution in [2.24, 2.45) is 0 Å². The number of aliphatic hydroxyl groups excluding tert-OH is 1. The third-order valence-electron chi connectivity index (χ3n) is 2.89. The minimum Gasteiger partial charge on any atom is -0.392 e. The van der Waals surface area contributed by atoms with Gasteiger partial charge in [-0.15, -0.1) is 0 Å². The summed E-state index contributed by atoms with van der Waals surface area (Å²) in [6.45, 7) is 8.05. The molecule has 2 unspecified atom stereocenters. The van der Waals surface area contributed by atoms with E-state index in [1.54, 1.807) is 0 Å². The summed E-state index contributed by atoms with van der Waals surface area (Å²) < 4.78 is 0. The van der Waals surface area contributed by atoms with E-state index in [4.69, 9.17) is 0 Å². The summed E-state index contributed by atoms with van der Waals surface area (Å²) in [5.41, 5.74) is 2.58. The first-order valence-electron chi connectivity index (χ1n) is 5.52. The van der Waals surface area contributed by atoms with E-state index in [-0.39, 0.29) is 18.2 Å². The fourth-order valence-corrected chi connectivity index (χ4v) is 1.70. The van der Waals surface area contributed by atoms with Crippen LogP contribution in [-0.2, 0) is 0 Å². The van der Waals surface area contributed by atoms with E-state index >= 15 is 0 Å². The van der Waals surface area contributed by atoms with Crippen LogP contribution in [0.25, 0.3) is 0 Å². The highest BCUT2D eigenvalue weighted by atomic mass is 16.3. The molecule has 15 heavy (non-hydrogen) atoms. The normalized spacial score (nSPS) is 17.1. The van der Waals surface area contributed by atoms with Crippen molar-refractivity contribution >= 4 is 0 Å². The van der Waals surface area contributed by atoms with Crippen molar-refractivity contribution in [1.29, 1.82) is 0 Å². The molecule has 2 heteroatoms. The summed E-state index contributed by atoms with van der Waals surface area (Å²) in [5.74, 6) is 0. The Morgan fingerprint density at radius 1 is 1.13 bits per heavy atom. The van der Waals surface area contributed by atoms with E-state index in [0.717, 1.165) is 0 Å². The molecule has 0 saturated carbocycles. The number of hydrogen-bond acceptors (Lipinski definition) is 2. The topological polar surface area (TPSA) is 32.3 Å². The van der Waals surface area contributed by atoms with E-state index in [1.807, 2.05) is 26.0 Å². The Morgan fingerprint density at radius 3 is 2.27 bits per heavy atom. The standard InChI is InChI=1S/C13H21NO/c1-9-7-5-6-8-13(9)11(3)14-10(2)12(4)15/h5-8,10-12,14-15H,1-4H3/t10?,11-,12?/m0/s1. The number of aliphatic hydroxyl groups is 1. The first kappa shape index (κ1) is 12.2. The van der Waals surface area contributed by atoms with E-state index in [1.165, 1.54) is 11.1 Å². The molecule has 0 radical (unpaired) electrons. The van der Waals surface area contributed by atoms with Crippen molar-refractivity contribution in [3.8, 4) is 0 Å². The molecule has 0 amide bonds. The smallest absolute Gasteiger partial charge is 0.0662 e. The van der Waals surface area contributed by atoms with E-state index in [2.05, 4.69) is 31.3 Å². The highest BCUT2D eigenvalue weighted by molar-refractivity contribution is 5.28. The zero-order valence-corrected chi connectivity index (χ0v) is 9.99. The molecule has 0 heterocycles. The van der Waals surface area contributed by atoms with Crippen LogP contribution in [0.15, 0.2) is 24.3 Å². The average Bonchev–Trinajstić information content (AvgIpc) is 2.18. The van der Waals surface area contributed by atoms with Crippen molar-refractivity contribution in [2.75, 3.05) is 0 Å². The summed E-state index contributed by atoms with van der Waals surface area (Å²) >= 11 is 0. The van der Waals surface area contributed by atoms with E-state index in [9.17, 15) is 5.11 Å². The maximum Gasteiger partial charge on any atom is 0.0662 e. The number of benzene rings is 1. The van der Waals surface area contributed by atoms with Crippen molar-refractivity contribution < 1.29 is 5.11 Å². The molecule has 0 aliphatic rings. The van der Waals surface area contributed by atoms with Gasteiger partial charge in [-0.25, -0.2) is 0 Å². The molecule has 0 fully saturated rings. The van der Waals surface area contributed by atoms with Gasteiger partial charge in [0, 0.05) is 12.1 Å².